The van der Waals surface area contributed by atoms with E-state index in [1.54, 1.807) is 0 Å². The molecule has 0 radical (unpaired) electrons. The topological polar surface area (TPSA) is 53.6 Å². The average Bonchev–Trinajstić information content (AvgIpc) is 2.53. The number of hydrogen-bond acceptors (Lipinski definition) is 2. The molecule has 84 valence electrons. The number of halogens is 2. The molecule has 0 bridgehead atoms. The van der Waals surface area contributed by atoms with Gasteiger partial charge in [-0.15, -0.1) is 0 Å². The summed E-state index contributed by atoms with van der Waals surface area (Å²) in [6.07, 6.45) is 0. The molecule has 1 heterocycles. The van der Waals surface area contributed by atoms with Crippen LogP contribution in [0.25, 0.3) is 0 Å². The fourth-order valence-corrected chi connectivity index (χ4v) is 1.50. The zero-order chi connectivity index (χ0) is 11.7. The van der Waals surface area contributed by atoms with Gasteiger partial charge in [-0.2, -0.15) is 0 Å². The monoisotopic (exact) mass is 243 g/mol. The summed E-state index contributed by atoms with van der Waals surface area (Å²) in [7, 11) is 0. The van der Waals surface area contributed by atoms with E-state index in [2.05, 4.69) is 10.2 Å². The normalized spacial score (nSPS) is 10.6. The predicted molar refractivity (Wildman–Crippen MR) is 55.7 cm³/mol. The van der Waals surface area contributed by atoms with Crippen molar-refractivity contribution in [1.82, 2.24) is 14.8 Å². The van der Waals surface area contributed by atoms with E-state index in [-0.39, 0.29) is 16.9 Å². The molecule has 0 atom stereocenters. The van der Waals surface area contributed by atoms with Crippen molar-refractivity contribution in [2.24, 2.45) is 0 Å². The van der Waals surface area contributed by atoms with E-state index in [9.17, 15) is 13.6 Å². The van der Waals surface area contributed by atoms with E-state index in [0.717, 1.165) is 16.7 Å². The van der Waals surface area contributed by atoms with Gasteiger partial charge in [0, 0.05) is 11.6 Å². The molecule has 2 aromatic rings. The molecule has 7 heteroatoms. The van der Waals surface area contributed by atoms with Gasteiger partial charge in [-0.3, -0.25) is 9.67 Å². The van der Waals surface area contributed by atoms with Crippen LogP contribution in [0, 0.1) is 16.4 Å². The van der Waals surface area contributed by atoms with Gasteiger partial charge in [0.05, 0.1) is 6.54 Å². The third kappa shape index (κ3) is 1.94. The quantitative estimate of drug-likeness (QED) is 0.786. The summed E-state index contributed by atoms with van der Waals surface area (Å²) in [4.78, 5) is 11.2. The Labute approximate surface area is 93.5 Å². The average molecular weight is 243 g/mol. The number of benzene rings is 1. The van der Waals surface area contributed by atoms with E-state index in [0.29, 0.717) is 0 Å². The first-order valence-electron chi connectivity index (χ1n) is 4.39. The maximum Gasteiger partial charge on any atom is 0.342 e. The number of hydrogen-bond donors (Lipinski definition) is 2. The van der Waals surface area contributed by atoms with Gasteiger partial charge in [-0.25, -0.2) is 18.7 Å². The molecule has 2 N–H and O–H groups in total. The molecule has 0 fully saturated rings. The molecule has 0 amide bonds. The number of nitrogens with zero attached hydrogens (tertiary/aromatic N) is 1. The molecule has 4 nitrogen and oxygen atoms in total. The van der Waals surface area contributed by atoms with Crippen LogP contribution in [0.5, 0.6) is 0 Å². The molecule has 1 aromatic heterocycles. The minimum absolute atomic E-state index is 0.0379. The highest BCUT2D eigenvalue weighted by molar-refractivity contribution is 7.71. The van der Waals surface area contributed by atoms with Gasteiger partial charge >= 0.3 is 5.69 Å². The highest BCUT2D eigenvalue weighted by atomic mass is 32.1. The second kappa shape index (κ2) is 4.01. The lowest BCUT2D eigenvalue weighted by Gasteiger charge is -2.02. The van der Waals surface area contributed by atoms with Gasteiger partial charge in [-0.1, -0.05) is 6.07 Å². The lowest BCUT2D eigenvalue weighted by Crippen LogP contribution is -2.18. The number of H-pyrrole nitrogens is 2. The minimum Gasteiger partial charge on any atom is -0.272 e. The molecule has 0 spiro atoms. The smallest absolute Gasteiger partial charge is 0.272 e. The van der Waals surface area contributed by atoms with Gasteiger partial charge in [0.25, 0.3) is 0 Å². The second-order valence-electron chi connectivity index (χ2n) is 3.18. The van der Waals surface area contributed by atoms with Crippen molar-refractivity contribution in [3.05, 3.63) is 50.7 Å². The zero-order valence-corrected chi connectivity index (χ0v) is 8.78. The van der Waals surface area contributed by atoms with Crippen LogP contribution in [-0.4, -0.2) is 14.8 Å². The van der Waals surface area contributed by atoms with Crippen LogP contribution >= 0.6 is 12.2 Å². The number of rotatable bonds is 2. The van der Waals surface area contributed by atoms with Gasteiger partial charge in [0.15, 0.2) is 4.77 Å². The summed E-state index contributed by atoms with van der Waals surface area (Å²) in [5.74, 6) is -1.37. The van der Waals surface area contributed by atoms with Crippen LogP contribution in [0.2, 0.25) is 0 Å². The fourth-order valence-electron chi connectivity index (χ4n) is 1.30. The molecule has 2 rings (SSSR count). The molecule has 0 aliphatic rings. The third-order valence-corrected chi connectivity index (χ3v) is 2.43. The van der Waals surface area contributed by atoms with Crippen molar-refractivity contribution >= 4 is 12.2 Å². The molecule has 16 heavy (non-hydrogen) atoms. The summed E-state index contributed by atoms with van der Waals surface area (Å²) in [6.45, 7) is -0.0379. The van der Waals surface area contributed by atoms with E-state index in [4.69, 9.17) is 12.2 Å². The Morgan fingerprint density at radius 1 is 1.31 bits per heavy atom. The molecule has 0 saturated heterocycles. The summed E-state index contributed by atoms with van der Waals surface area (Å²) in [6, 6.07) is 3.17. The van der Waals surface area contributed by atoms with Crippen molar-refractivity contribution in [3.8, 4) is 0 Å². The third-order valence-electron chi connectivity index (χ3n) is 2.11. The lowest BCUT2D eigenvalue weighted by molar-refractivity contribution is 0.564. The molecular formula is C9H7F2N3OS. The van der Waals surface area contributed by atoms with Gasteiger partial charge < -0.3 is 0 Å². The molecule has 0 saturated carbocycles. The SMILES string of the molecule is O=c1[nH][nH]c(=S)n1Cc1ccc(F)cc1F. The fraction of sp³-hybridized carbons (Fsp3) is 0.111. The van der Waals surface area contributed by atoms with E-state index in [1.165, 1.54) is 6.07 Å². The molecule has 1 aromatic carbocycles. The Morgan fingerprint density at radius 3 is 2.62 bits per heavy atom. The number of aromatic amines is 2. The summed E-state index contributed by atoms with van der Waals surface area (Å²) < 4.78 is 27.2. The first-order chi connectivity index (χ1) is 7.58. The zero-order valence-electron chi connectivity index (χ0n) is 7.96. The predicted octanol–water partition coefficient (Wildman–Crippen LogP) is 1.56. The minimum atomic E-state index is -0.706. The Bertz CT molecular complexity index is 601. The second-order valence-corrected chi connectivity index (χ2v) is 3.57. The van der Waals surface area contributed by atoms with Crippen molar-refractivity contribution in [2.75, 3.05) is 0 Å². The Morgan fingerprint density at radius 2 is 2.06 bits per heavy atom. The Hall–Kier alpha value is -1.76. The van der Waals surface area contributed by atoms with Crippen LogP contribution in [0.1, 0.15) is 5.56 Å². The molecular weight excluding hydrogens is 236 g/mol. The van der Waals surface area contributed by atoms with Crippen LogP contribution < -0.4 is 5.69 Å². The van der Waals surface area contributed by atoms with E-state index in [1.807, 2.05) is 0 Å². The molecule has 0 unspecified atom stereocenters. The summed E-state index contributed by atoms with van der Waals surface area (Å²) in [5.41, 5.74) is -0.267. The van der Waals surface area contributed by atoms with Crippen LogP contribution in [-0.2, 0) is 6.54 Å². The first kappa shape index (κ1) is 10.7. The number of aromatic nitrogens is 3. The first-order valence-corrected chi connectivity index (χ1v) is 4.80. The van der Waals surface area contributed by atoms with Crippen LogP contribution in [0.15, 0.2) is 23.0 Å². The maximum atomic E-state index is 13.3. The van der Waals surface area contributed by atoms with Crippen LogP contribution in [0.4, 0.5) is 8.78 Å². The molecule has 0 aliphatic heterocycles. The Balaban J connectivity index is 2.42. The van der Waals surface area contributed by atoms with Gasteiger partial charge in [-0.05, 0) is 18.3 Å². The van der Waals surface area contributed by atoms with Crippen LogP contribution in [0.3, 0.4) is 0 Å². The number of nitrogens with one attached hydrogen (secondary N) is 2. The lowest BCUT2D eigenvalue weighted by atomic mass is 10.2. The summed E-state index contributed by atoms with van der Waals surface area (Å²) >= 11 is 4.82. The van der Waals surface area contributed by atoms with Gasteiger partial charge in [0.1, 0.15) is 11.6 Å². The Kier molecular flexibility index (Phi) is 2.69. The van der Waals surface area contributed by atoms with Crippen molar-refractivity contribution in [1.29, 1.82) is 0 Å². The highest BCUT2D eigenvalue weighted by Crippen LogP contribution is 2.10. The molecule has 0 aliphatic carbocycles. The largest absolute Gasteiger partial charge is 0.342 e. The van der Waals surface area contributed by atoms with Crippen molar-refractivity contribution in [2.45, 2.75) is 6.54 Å². The van der Waals surface area contributed by atoms with E-state index < -0.39 is 17.3 Å². The maximum absolute atomic E-state index is 13.3. The van der Waals surface area contributed by atoms with Crippen molar-refractivity contribution in [3.63, 3.8) is 0 Å². The van der Waals surface area contributed by atoms with E-state index >= 15 is 0 Å². The highest BCUT2D eigenvalue weighted by Gasteiger charge is 2.07. The standard InChI is InChI=1S/C9H7F2N3OS/c10-6-2-1-5(7(11)3-6)4-14-8(15)12-13-9(14)16/h1-3H,4H2,(H,12,15)(H,13,16). The van der Waals surface area contributed by atoms with Gasteiger partial charge in [0.2, 0.25) is 0 Å². The van der Waals surface area contributed by atoms with Crippen molar-refractivity contribution < 1.29 is 8.78 Å². The summed E-state index contributed by atoms with van der Waals surface area (Å²) in [5, 5.41) is 4.70.